The molecule has 1 aliphatic carbocycles. The van der Waals surface area contributed by atoms with Crippen molar-refractivity contribution in [2.45, 2.75) is 13.0 Å². The molecule has 0 radical (unpaired) electrons. The van der Waals surface area contributed by atoms with Crippen LogP contribution in [-0.2, 0) is 6.54 Å². The number of anilines is 1. The third kappa shape index (κ3) is 1.58. The molecule has 2 aliphatic rings. The van der Waals surface area contributed by atoms with Crippen molar-refractivity contribution in [3.8, 4) is 0 Å². The molecule has 2 unspecified atom stereocenters. The minimum absolute atomic E-state index is 0.380. The Morgan fingerprint density at radius 3 is 2.60 bits per heavy atom. The lowest BCUT2D eigenvalue weighted by Gasteiger charge is -2.17. The summed E-state index contributed by atoms with van der Waals surface area (Å²) < 4.78 is 0. The fraction of sp³-hybridized carbons (Fsp3) is 0.600. The molecule has 5 nitrogen and oxygen atoms in total. The summed E-state index contributed by atoms with van der Waals surface area (Å²) in [7, 11) is 0. The van der Waals surface area contributed by atoms with Crippen LogP contribution >= 0.6 is 0 Å². The summed E-state index contributed by atoms with van der Waals surface area (Å²) in [4.78, 5) is 10.9. The highest BCUT2D eigenvalue weighted by Crippen LogP contribution is 2.45. The zero-order chi connectivity index (χ0) is 10.3. The van der Waals surface area contributed by atoms with Crippen LogP contribution in [0.3, 0.4) is 0 Å². The van der Waals surface area contributed by atoms with Crippen LogP contribution in [0, 0.1) is 17.4 Å². The van der Waals surface area contributed by atoms with Crippen molar-refractivity contribution in [1.29, 1.82) is 5.53 Å². The van der Waals surface area contributed by atoms with Crippen LogP contribution in [0.2, 0.25) is 0 Å². The van der Waals surface area contributed by atoms with E-state index in [1.54, 1.807) is 12.4 Å². The number of piperidine rings is 1. The van der Waals surface area contributed by atoms with Gasteiger partial charge in [-0.25, -0.2) is 15.5 Å². The molecule has 0 spiro atoms. The Bertz CT molecular complexity index is 364. The molecule has 15 heavy (non-hydrogen) atoms. The summed E-state index contributed by atoms with van der Waals surface area (Å²) in [6, 6.07) is 0. The van der Waals surface area contributed by atoms with Crippen LogP contribution in [0.15, 0.2) is 17.5 Å². The molecule has 1 saturated heterocycles. The van der Waals surface area contributed by atoms with Crippen molar-refractivity contribution in [2.75, 3.05) is 18.0 Å². The Hall–Kier alpha value is -1.52. The monoisotopic (exact) mass is 203 g/mol. The van der Waals surface area contributed by atoms with Gasteiger partial charge in [0, 0.05) is 31.0 Å². The molecule has 2 fully saturated rings. The Morgan fingerprint density at radius 1 is 1.33 bits per heavy atom. The molecular formula is C10H13N5. The van der Waals surface area contributed by atoms with Crippen molar-refractivity contribution < 1.29 is 0 Å². The predicted molar refractivity (Wildman–Crippen MR) is 54.7 cm³/mol. The highest BCUT2D eigenvalue weighted by Gasteiger charge is 2.45. The van der Waals surface area contributed by atoms with Gasteiger partial charge in [0.25, 0.3) is 0 Å². The molecule has 2 heterocycles. The molecule has 78 valence electrons. The van der Waals surface area contributed by atoms with Crippen LogP contribution in [0.25, 0.3) is 0 Å². The zero-order valence-corrected chi connectivity index (χ0v) is 8.43. The van der Waals surface area contributed by atoms with Crippen LogP contribution in [0.4, 0.5) is 5.95 Å². The number of aromatic nitrogens is 2. The molecule has 1 aromatic heterocycles. The molecule has 3 rings (SSSR count). The van der Waals surface area contributed by atoms with Gasteiger partial charge in [-0.2, -0.15) is 5.11 Å². The zero-order valence-electron chi connectivity index (χ0n) is 8.43. The van der Waals surface area contributed by atoms with Crippen molar-refractivity contribution in [3.63, 3.8) is 0 Å². The Morgan fingerprint density at radius 2 is 2.00 bits per heavy atom. The van der Waals surface area contributed by atoms with Gasteiger partial charge in [-0.15, -0.1) is 0 Å². The molecule has 5 heteroatoms. The smallest absolute Gasteiger partial charge is 0.225 e. The Kier molecular flexibility index (Phi) is 1.90. The summed E-state index contributed by atoms with van der Waals surface area (Å²) in [5.41, 5.74) is 7.65. The standard InChI is InChI=1S/C10H13N5/c11-14-4-7-2-12-10(13-3-7)15-5-8-1-9(8)6-15/h2-3,8-9,11H,1,4-6H2. The topological polar surface area (TPSA) is 65.2 Å². The predicted octanol–water partition coefficient (Wildman–Crippen LogP) is 1.46. The van der Waals surface area contributed by atoms with Crippen molar-refractivity contribution in [3.05, 3.63) is 18.0 Å². The maximum Gasteiger partial charge on any atom is 0.225 e. The molecule has 0 amide bonds. The lowest BCUT2D eigenvalue weighted by Crippen LogP contribution is -2.23. The van der Waals surface area contributed by atoms with E-state index in [0.717, 1.165) is 36.4 Å². The van der Waals surface area contributed by atoms with Gasteiger partial charge in [0.1, 0.15) is 0 Å². The molecule has 1 saturated carbocycles. The molecule has 2 atom stereocenters. The summed E-state index contributed by atoms with van der Waals surface area (Å²) in [5.74, 6) is 2.63. The van der Waals surface area contributed by atoms with E-state index >= 15 is 0 Å². The number of nitrogens with zero attached hydrogens (tertiary/aromatic N) is 4. The van der Waals surface area contributed by atoms with Gasteiger partial charge in [-0.1, -0.05) is 0 Å². The van der Waals surface area contributed by atoms with Crippen molar-refractivity contribution in [1.82, 2.24) is 9.97 Å². The van der Waals surface area contributed by atoms with Gasteiger partial charge in [0.15, 0.2) is 0 Å². The van der Waals surface area contributed by atoms with Crippen LogP contribution in [0.1, 0.15) is 12.0 Å². The highest BCUT2D eigenvalue weighted by atomic mass is 15.3. The largest absolute Gasteiger partial charge is 0.340 e. The van der Waals surface area contributed by atoms with Crippen molar-refractivity contribution >= 4 is 5.95 Å². The van der Waals surface area contributed by atoms with Crippen LogP contribution in [0.5, 0.6) is 0 Å². The normalized spacial score (nSPS) is 27.6. The second kappa shape index (κ2) is 3.25. The minimum atomic E-state index is 0.380. The molecule has 1 N–H and O–H groups in total. The molecule has 0 bridgehead atoms. The van der Waals surface area contributed by atoms with Gasteiger partial charge >= 0.3 is 0 Å². The first-order valence-corrected chi connectivity index (χ1v) is 5.26. The number of hydrogen-bond donors (Lipinski definition) is 1. The third-order valence-corrected chi connectivity index (χ3v) is 3.21. The quantitative estimate of drug-likeness (QED) is 0.756. The van der Waals surface area contributed by atoms with E-state index in [0.29, 0.717) is 6.54 Å². The maximum absolute atomic E-state index is 6.75. The molecule has 1 aliphatic heterocycles. The average molecular weight is 203 g/mol. The molecule has 1 aromatic rings. The van der Waals surface area contributed by atoms with Gasteiger partial charge < -0.3 is 4.90 Å². The van der Waals surface area contributed by atoms with E-state index in [1.165, 1.54) is 6.42 Å². The first-order valence-electron chi connectivity index (χ1n) is 5.26. The van der Waals surface area contributed by atoms with E-state index in [-0.39, 0.29) is 0 Å². The van der Waals surface area contributed by atoms with Gasteiger partial charge in [0.05, 0.1) is 6.54 Å². The van der Waals surface area contributed by atoms with E-state index < -0.39 is 0 Å². The highest BCUT2D eigenvalue weighted by molar-refractivity contribution is 5.34. The lowest BCUT2D eigenvalue weighted by molar-refractivity contribution is 0.781. The summed E-state index contributed by atoms with van der Waals surface area (Å²) in [6.45, 7) is 2.62. The minimum Gasteiger partial charge on any atom is -0.340 e. The fourth-order valence-corrected chi connectivity index (χ4v) is 2.25. The maximum atomic E-state index is 6.75. The first-order chi connectivity index (χ1) is 7.36. The molecular weight excluding hydrogens is 190 g/mol. The van der Waals surface area contributed by atoms with Crippen LogP contribution in [-0.4, -0.2) is 23.1 Å². The second-order valence-corrected chi connectivity index (χ2v) is 4.37. The fourth-order valence-electron chi connectivity index (χ4n) is 2.25. The van der Waals surface area contributed by atoms with Gasteiger partial charge in [0.2, 0.25) is 5.95 Å². The summed E-state index contributed by atoms with van der Waals surface area (Å²) in [5, 5.41) is 3.31. The van der Waals surface area contributed by atoms with E-state index in [2.05, 4.69) is 20.0 Å². The molecule has 0 aromatic carbocycles. The number of hydrogen-bond acceptors (Lipinski definition) is 5. The summed E-state index contributed by atoms with van der Waals surface area (Å²) >= 11 is 0. The summed E-state index contributed by atoms with van der Waals surface area (Å²) in [6.07, 6.45) is 4.93. The Labute approximate surface area is 88.0 Å². The van der Waals surface area contributed by atoms with E-state index in [9.17, 15) is 0 Å². The van der Waals surface area contributed by atoms with Crippen molar-refractivity contribution in [2.24, 2.45) is 17.0 Å². The first kappa shape index (κ1) is 8.76. The lowest BCUT2D eigenvalue weighted by atomic mass is 10.3. The number of fused-ring (bicyclic) bond motifs is 1. The number of nitrogens with one attached hydrogen (secondary N) is 1. The van der Waals surface area contributed by atoms with E-state index in [4.69, 9.17) is 5.53 Å². The average Bonchev–Trinajstić information content (AvgIpc) is 2.87. The van der Waals surface area contributed by atoms with E-state index in [1.807, 2.05) is 0 Å². The number of rotatable bonds is 3. The van der Waals surface area contributed by atoms with Gasteiger partial charge in [-0.05, 0) is 18.3 Å². The third-order valence-electron chi connectivity index (χ3n) is 3.21. The van der Waals surface area contributed by atoms with Gasteiger partial charge in [-0.3, -0.25) is 0 Å². The SMILES string of the molecule is N=NCc1cnc(N2CC3CC3C2)nc1. The Balaban J connectivity index is 1.72. The van der Waals surface area contributed by atoms with Crippen LogP contribution < -0.4 is 4.90 Å². The second-order valence-electron chi connectivity index (χ2n) is 4.37.